The van der Waals surface area contributed by atoms with Crippen molar-refractivity contribution in [2.45, 2.75) is 12.8 Å². The predicted octanol–water partition coefficient (Wildman–Crippen LogP) is 3.37. The van der Waals surface area contributed by atoms with Gasteiger partial charge in [-0.3, -0.25) is 4.79 Å². The molecule has 2 aromatic carbocycles. The zero-order valence-electron chi connectivity index (χ0n) is 12.6. The number of ether oxygens (including phenoxy) is 1. The Morgan fingerprint density at radius 1 is 1.19 bits per heavy atom. The van der Waals surface area contributed by atoms with Crippen LogP contribution in [-0.4, -0.2) is 37.9 Å². The molecular weight excluding hydrogens is 262 g/mol. The first-order valence-corrected chi connectivity index (χ1v) is 7.48. The van der Waals surface area contributed by atoms with Crippen LogP contribution >= 0.6 is 0 Å². The number of methoxy groups -OCH3 is 1. The minimum Gasteiger partial charge on any atom is -0.497 e. The maximum absolute atomic E-state index is 12.7. The van der Waals surface area contributed by atoms with Crippen LogP contribution in [0.3, 0.4) is 0 Å². The molecule has 0 amide bonds. The summed E-state index contributed by atoms with van der Waals surface area (Å²) < 4.78 is 5.23. The van der Waals surface area contributed by atoms with Gasteiger partial charge in [-0.05, 0) is 55.4 Å². The molecule has 3 rings (SSSR count). The number of nitrogens with zero attached hydrogens (tertiary/aromatic N) is 1. The van der Waals surface area contributed by atoms with Crippen LogP contribution in [-0.2, 0) is 0 Å². The lowest BCUT2D eigenvalue weighted by atomic mass is 9.89. The second-order valence-corrected chi connectivity index (χ2v) is 5.89. The van der Waals surface area contributed by atoms with E-state index in [1.807, 2.05) is 36.4 Å². The zero-order valence-corrected chi connectivity index (χ0v) is 12.6. The quantitative estimate of drug-likeness (QED) is 0.809. The van der Waals surface area contributed by atoms with Crippen LogP contribution in [0.4, 0.5) is 0 Å². The number of likely N-dealkylation sites (tertiary alicyclic amines) is 1. The van der Waals surface area contributed by atoms with Crippen molar-refractivity contribution in [1.82, 2.24) is 4.90 Å². The second-order valence-electron chi connectivity index (χ2n) is 5.89. The number of hydrogen-bond acceptors (Lipinski definition) is 3. The normalized spacial score (nSPS) is 19.6. The van der Waals surface area contributed by atoms with E-state index in [2.05, 4.69) is 11.9 Å². The summed E-state index contributed by atoms with van der Waals surface area (Å²) in [5.74, 6) is 1.26. The van der Waals surface area contributed by atoms with Crippen LogP contribution in [0.2, 0.25) is 0 Å². The van der Waals surface area contributed by atoms with Crippen molar-refractivity contribution < 1.29 is 9.53 Å². The summed E-state index contributed by atoms with van der Waals surface area (Å²) in [5.41, 5.74) is 0.827. The van der Waals surface area contributed by atoms with E-state index < -0.39 is 0 Å². The molecule has 3 heteroatoms. The third kappa shape index (κ3) is 2.93. The summed E-state index contributed by atoms with van der Waals surface area (Å²) in [6, 6.07) is 11.9. The number of carbonyl (C=O) groups excluding carboxylic acids is 1. The highest BCUT2D eigenvalue weighted by Crippen LogP contribution is 2.25. The number of benzene rings is 2. The van der Waals surface area contributed by atoms with E-state index >= 15 is 0 Å². The van der Waals surface area contributed by atoms with Gasteiger partial charge in [0.1, 0.15) is 5.75 Å². The third-order valence-electron chi connectivity index (χ3n) is 4.33. The van der Waals surface area contributed by atoms with E-state index in [9.17, 15) is 4.79 Å². The monoisotopic (exact) mass is 283 g/mol. The first kappa shape index (κ1) is 14.1. The van der Waals surface area contributed by atoms with Crippen LogP contribution in [0.1, 0.15) is 23.2 Å². The Bertz CT molecular complexity index is 665. The molecule has 1 fully saturated rings. The van der Waals surface area contributed by atoms with Gasteiger partial charge in [-0.25, -0.2) is 0 Å². The average Bonchev–Trinajstić information content (AvgIpc) is 2.53. The molecule has 0 radical (unpaired) electrons. The molecule has 0 aliphatic carbocycles. The summed E-state index contributed by atoms with van der Waals surface area (Å²) in [6.07, 6.45) is 2.11. The number of ketones is 1. The Morgan fingerprint density at radius 2 is 1.95 bits per heavy atom. The van der Waals surface area contributed by atoms with Gasteiger partial charge in [0.05, 0.1) is 7.11 Å². The summed E-state index contributed by atoms with van der Waals surface area (Å²) in [4.78, 5) is 14.9. The minimum atomic E-state index is 0.138. The fraction of sp³-hybridized carbons (Fsp3) is 0.389. The van der Waals surface area contributed by atoms with Crippen LogP contribution < -0.4 is 4.74 Å². The van der Waals surface area contributed by atoms with Crippen molar-refractivity contribution >= 4 is 16.6 Å². The molecule has 2 aromatic rings. The van der Waals surface area contributed by atoms with Gasteiger partial charge in [0, 0.05) is 18.0 Å². The highest BCUT2D eigenvalue weighted by molar-refractivity contribution is 6.01. The maximum Gasteiger partial charge on any atom is 0.167 e. The Labute approximate surface area is 125 Å². The fourth-order valence-corrected chi connectivity index (χ4v) is 3.12. The predicted molar refractivity (Wildman–Crippen MR) is 85.1 cm³/mol. The molecular formula is C18H21NO2. The van der Waals surface area contributed by atoms with E-state index in [0.29, 0.717) is 0 Å². The summed E-state index contributed by atoms with van der Waals surface area (Å²) in [6.45, 7) is 1.97. The Kier molecular flexibility index (Phi) is 3.93. The van der Waals surface area contributed by atoms with Gasteiger partial charge in [0.2, 0.25) is 0 Å². The van der Waals surface area contributed by atoms with Crippen molar-refractivity contribution in [1.29, 1.82) is 0 Å². The highest BCUT2D eigenvalue weighted by Gasteiger charge is 2.24. The summed E-state index contributed by atoms with van der Waals surface area (Å²) in [7, 11) is 3.75. The minimum absolute atomic E-state index is 0.138. The third-order valence-corrected chi connectivity index (χ3v) is 4.33. The average molecular weight is 283 g/mol. The standard InChI is InChI=1S/C18H21NO2/c1-19-9-3-4-16(12-19)18(20)15-6-5-14-11-17(21-2)8-7-13(14)10-15/h5-8,10-11,16H,3-4,9,12H2,1-2H3. The van der Waals surface area contributed by atoms with Crippen LogP contribution in [0, 0.1) is 5.92 Å². The van der Waals surface area contributed by atoms with E-state index in [1.165, 1.54) is 0 Å². The van der Waals surface area contributed by atoms with Crippen molar-refractivity contribution in [3.8, 4) is 5.75 Å². The fourth-order valence-electron chi connectivity index (χ4n) is 3.12. The molecule has 1 unspecified atom stereocenters. The topological polar surface area (TPSA) is 29.5 Å². The lowest BCUT2D eigenvalue weighted by Crippen LogP contribution is -2.36. The van der Waals surface area contributed by atoms with Gasteiger partial charge in [0.25, 0.3) is 0 Å². The molecule has 1 atom stereocenters. The molecule has 0 saturated carbocycles. The highest BCUT2D eigenvalue weighted by atomic mass is 16.5. The van der Waals surface area contributed by atoms with Gasteiger partial charge in [-0.2, -0.15) is 0 Å². The molecule has 1 heterocycles. The van der Waals surface area contributed by atoms with Gasteiger partial charge in [-0.1, -0.05) is 18.2 Å². The van der Waals surface area contributed by atoms with Gasteiger partial charge in [0.15, 0.2) is 5.78 Å². The van der Waals surface area contributed by atoms with Crippen molar-refractivity contribution in [3.63, 3.8) is 0 Å². The molecule has 0 bridgehead atoms. The Balaban J connectivity index is 1.88. The van der Waals surface area contributed by atoms with Gasteiger partial charge in [-0.15, -0.1) is 0 Å². The molecule has 21 heavy (non-hydrogen) atoms. The van der Waals surface area contributed by atoms with Crippen molar-refractivity contribution in [2.75, 3.05) is 27.2 Å². The molecule has 3 nitrogen and oxygen atoms in total. The first-order valence-electron chi connectivity index (χ1n) is 7.48. The SMILES string of the molecule is COc1ccc2cc(C(=O)C3CCCN(C)C3)ccc2c1. The lowest BCUT2D eigenvalue weighted by molar-refractivity contribution is 0.0843. The van der Waals surface area contributed by atoms with Crippen LogP contribution in [0.15, 0.2) is 36.4 Å². The maximum atomic E-state index is 12.7. The smallest absolute Gasteiger partial charge is 0.167 e. The number of fused-ring (bicyclic) bond motifs is 1. The first-order chi connectivity index (χ1) is 10.2. The molecule has 1 aliphatic heterocycles. The molecule has 1 aliphatic rings. The number of rotatable bonds is 3. The van der Waals surface area contributed by atoms with Gasteiger partial charge < -0.3 is 9.64 Å². The number of hydrogen-bond donors (Lipinski definition) is 0. The Morgan fingerprint density at radius 3 is 2.71 bits per heavy atom. The molecule has 0 N–H and O–H groups in total. The number of piperidine rings is 1. The van der Waals surface area contributed by atoms with E-state index in [-0.39, 0.29) is 11.7 Å². The zero-order chi connectivity index (χ0) is 14.8. The van der Waals surface area contributed by atoms with E-state index in [0.717, 1.165) is 48.0 Å². The van der Waals surface area contributed by atoms with E-state index in [1.54, 1.807) is 7.11 Å². The van der Waals surface area contributed by atoms with E-state index in [4.69, 9.17) is 4.74 Å². The largest absolute Gasteiger partial charge is 0.497 e. The molecule has 110 valence electrons. The summed E-state index contributed by atoms with van der Waals surface area (Å²) in [5, 5.41) is 2.19. The van der Waals surface area contributed by atoms with Crippen molar-refractivity contribution in [3.05, 3.63) is 42.0 Å². The van der Waals surface area contributed by atoms with Crippen LogP contribution in [0.25, 0.3) is 10.8 Å². The molecule has 0 spiro atoms. The lowest BCUT2D eigenvalue weighted by Gasteiger charge is -2.28. The Hall–Kier alpha value is -1.87. The summed E-state index contributed by atoms with van der Waals surface area (Å²) >= 11 is 0. The molecule has 1 saturated heterocycles. The number of Topliss-reactive ketones (excluding diaryl/α,β-unsaturated/α-hetero) is 1. The van der Waals surface area contributed by atoms with Gasteiger partial charge >= 0.3 is 0 Å². The van der Waals surface area contributed by atoms with Crippen molar-refractivity contribution in [2.24, 2.45) is 5.92 Å². The second kappa shape index (κ2) is 5.86. The van der Waals surface area contributed by atoms with Crippen LogP contribution in [0.5, 0.6) is 5.75 Å². The molecule has 0 aromatic heterocycles. The number of carbonyl (C=O) groups is 1.